The monoisotopic (exact) mass is 301 g/mol. The zero-order valence-electron chi connectivity index (χ0n) is 12.2. The highest BCUT2D eigenvalue weighted by molar-refractivity contribution is 6.36. The van der Waals surface area contributed by atoms with Gasteiger partial charge in [-0.25, -0.2) is 0 Å². The molecule has 1 amide bonds. The van der Waals surface area contributed by atoms with E-state index in [1.807, 2.05) is 30.7 Å². The van der Waals surface area contributed by atoms with Crippen LogP contribution in [-0.4, -0.2) is 15.7 Å². The molecule has 3 rings (SSSR count). The molecule has 21 heavy (non-hydrogen) atoms. The van der Waals surface area contributed by atoms with Crippen LogP contribution in [0.1, 0.15) is 29.4 Å². The van der Waals surface area contributed by atoms with E-state index in [2.05, 4.69) is 17.3 Å². The van der Waals surface area contributed by atoms with Gasteiger partial charge in [-0.15, -0.1) is 0 Å². The Bertz CT molecular complexity index is 774. The standard InChI is InChI=1S/C16H16ClN3O/c1-4-20-10(3)13(9(2)19-20)8-14-12-6-5-11(17)7-15(12)18-16(14)21/h5-8H,4H2,1-3H3,(H,18,21)/b14-8+. The molecular formula is C16H16ClN3O. The molecule has 0 spiro atoms. The quantitative estimate of drug-likeness (QED) is 0.860. The summed E-state index contributed by atoms with van der Waals surface area (Å²) in [5.41, 5.74) is 5.30. The van der Waals surface area contributed by atoms with Gasteiger partial charge >= 0.3 is 0 Å². The first-order valence-corrected chi connectivity index (χ1v) is 7.26. The van der Waals surface area contributed by atoms with Crippen LogP contribution in [0.5, 0.6) is 0 Å². The number of halogens is 1. The molecule has 1 aliphatic heterocycles. The topological polar surface area (TPSA) is 46.9 Å². The van der Waals surface area contributed by atoms with Gasteiger partial charge in [-0.2, -0.15) is 5.10 Å². The molecule has 108 valence electrons. The molecule has 1 N–H and O–H groups in total. The second-order valence-electron chi connectivity index (χ2n) is 5.10. The Morgan fingerprint density at radius 3 is 2.81 bits per heavy atom. The third-order valence-corrected chi connectivity index (χ3v) is 4.03. The highest BCUT2D eigenvalue weighted by Crippen LogP contribution is 2.35. The van der Waals surface area contributed by atoms with Crippen LogP contribution in [0.25, 0.3) is 11.6 Å². The highest BCUT2D eigenvalue weighted by Gasteiger charge is 2.25. The maximum atomic E-state index is 12.2. The Morgan fingerprint density at radius 2 is 2.14 bits per heavy atom. The largest absolute Gasteiger partial charge is 0.321 e. The van der Waals surface area contributed by atoms with E-state index in [9.17, 15) is 4.79 Å². The maximum absolute atomic E-state index is 12.2. The third kappa shape index (κ3) is 2.25. The summed E-state index contributed by atoms with van der Waals surface area (Å²) in [7, 11) is 0. The molecule has 1 aromatic heterocycles. The van der Waals surface area contributed by atoms with Gasteiger partial charge in [0.25, 0.3) is 5.91 Å². The van der Waals surface area contributed by atoms with Gasteiger partial charge in [0.2, 0.25) is 0 Å². The van der Waals surface area contributed by atoms with Gasteiger partial charge in [-0.3, -0.25) is 9.48 Å². The van der Waals surface area contributed by atoms with Crippen molar-refractivity contribution >= 4 is 34.8 Å². The minimum absolute atomic E-state index is 0.102. The number of benzene rings is 1. The molecule has 2 aromatic rings. The third-order valence-electron chi connectivity index (χ3n) is 3.79. The second kappa shape index (κ2) is 5.04. The summed E-state index contributed by atoms with van der Waals surface area (Å²) in [6.07, 6.45) is 1.92. The number of rotatable bonds is 2. The number of hydrogen-bond donors (Lipinski definition) is 1. The zero-order chi connectivity index (χ0) is 15.1. The Kier molecular flexibility index (Phi) is 3.33. The van der Waals surface area contributed by atoms with Crippen molar-refractivity contribution in [3.05, 3.63) is 45.7 Å². The molecular weight excluding hydrogens is 286 g/mol. The fourth-order valence-corrected chi connectivity index (χ4v) is 2.85. The van der Waals surface area contributed by atoms with Gasteiger partial charge in [-0.05, 0) is 39.0 Å². The highest BCUT2D eigenvalue weighted by atomic mass is 35.5. The average molecular weight is 302 g/mol. The Morgan fingerprint density at radius 1 is 1.38 bits per heavy atom. The first kappa shape index (κ1) is 13.9. The minimum Gasteiger partial charge on any atom is -0.321 e. The molecule has 1 aromatic carbocycles. The summed E-state index contributed by atoms with van der Waals surface area (Å²) in [6, 6.07) is 5.44. The number of carbonyl (C=O) groups excluding carboxylic acids is 1. The number of anilines is 1. The van der Waals surface area contributed by atoms with Crippen molar-refractivity contribution in [3.63, 3.8) is 0 Å². The van der Waals surface area contributed by atoms with Crippen LogP contribution in [0.4, 0.5) is 5.69 Å². The second-order valence-corrected chi connectivity index (χ2v) is 5.54. The van der Waals surface area contributed by atoms with Gasteiger partial charge in [0.1, 0.15) is 0 Å². The molecule has 0 aliphatic carbocycles. The lowest BCUT2D eigenvalue weighted by molar-refractivity contribution is -0.110. The lowest BCUT2D eigenvalue weighted by atomic mass is 10.0. The molecule has 0 bridgehead atoms. The average Bonchev–Trinajstić information content (AvgIpc) is 2.89. The number of nitrogens with zero attached hydrogens (tertiary/aromatic N) is 2. The predicted molar refractivity (Wildman–Crippen MR) is 85.3 cm³/mol. The van der Waals surface area contributed by atoms with Crippen LogP contribution < -0.4 is 5.32 Å². The van der Waals surface area contributed by atoms with Crippen molar-refractivity contribution < 1.29 is 4.79 Å². The molecule has 0 saturated heterocycles. The van der Waals surface area contributed by atoms with E-state index in [1.165, 1.54) is 0 Å². The molecule has 2 heterocycles. The van der Waals surface area contributed by atoms with Gasteiger partial charge in [0, 0.05) is 34.0 Å². The maximum Gasteiger partial charge on any atom is 0.256 e. The van der Waals surface area contributed by atoms with Gasteiger partial charge in [-0.1, -0.05) is 17.7 Å². The first-order chi connectivity index (χ1) is 10.0. The van der Waals surface area contributed by atoms with Crippen molar-refractivity contribution in [2.75, 3.05) is 5.32 Å². The number of aromatic nitrogens is 2. The smallest absolute Gasteiger partial charge is 0.256 e. The van der Waals surface area contributed by atoms with E-state index < -0.39 is 0 Å². The molecule has 0 fully saturated rings. The Hall–Kier alpha value is -2.07. The molecule has 5 heteroatoms. The molecule has 0 unspecified atom stereocenters. The van der Waals surface area contributed by atoms with Crippen LogP contribution >= 0.6 is 11.6 Å². The Labute approximate surface area is 128 Å². The van der Waals surface area contributed by atoms with E-state index in [4.69, 9.17) is 11.6 Å². The van der Waals surface area contributed by atoms with Crippen LogP contribution in [0, 0.1) is 13.8 Å². The van der Waals surface area contributed by atoms with Gasteiger partial charge < -0.3 is 5.32 Å². The summed E-state index contributed by atoms with van der Waals surface area (Å²) < 4.78 is 1.94. The van der Waals surface area contributed by atoms with Crippen molar-refractivity contribution in [2.24, 2.45) is 0 Å². The summed E-state index contributed by atoms with van der Waals surface area (Å²) in [4.78, 5) is 12.2. The van der Waals surface area contributed by atoms with E-state index in [-0.39, 0.29) is 5.91 Å². The molecule has 0 radical (unpaired) electrons. The van der Waals surface area contributed by atoms with Crippen molar-refractivity contribution in [1.29, 1.82) is 0 Å². The van der Waals surface area contributed by atoms with E-state index in [0.29, 0.717) is 10.6 Å². The zero-order valence-corrected chi connectivity index (χ0v) is 13.0. The van der Waals surface area contributed by atoms with Crippen LogP contribution in [-0.2, 0) is 11.3 Å². The van der Waals surface area contributed by atoms with Gasteiger partial charge in [0.05, 0.1) is 11.4 Å². The molecule has 0 atom stereocenters. The first-order valence-electron chi connectivity index (χ1n) is 6.88. The van der Waals surface area contributed by atoms with E-state index >= 15 is 0 Å². The number of amides is 1. The number of aryl methyl sites for hydroxylation is 2. The van der Waals surface area contributed by atoms with Crippen molar-refractivity contribution in [1.82, 2.24) is 9.78 Å². The van der Waals surface area contributed by atoms with Crippen molar-refractivity contribution in [3.8, 4) is 0 Å². The lowest BCUT2D eigenvalue weighted by Crippen LogP contribution is -2.03. The summed E-state index contributed by atoms with van der Waals surface area (Å²) in [5.74, 6) is -0.102. The number of hydrogen-bond acceptors (Lipinski definition) is 2. The summed E-state index contributed by atoms with van der Waals surface area (Å²) in [5, 5.41) is 7.95. The predicted octanol–water partition coefficient (Wildman–Crippen LogP) is 3.67. The Balaban J connectivity index is 2.13. The minimum atomic E-state index is -0.102. The number of fused-ring (bicyclic) bond motifs is 1. The molecule has 4 nitrogen and oxygen atoms in total. The summed E-state index contributed by atoms with van der Waals surface area (Å²) in [6.45, 7) is 6.84. The number of carbonyl (C=O) groups is 1. The van der Waals surface area contributed by atoms with Crippen LogP contribution in [0.3, 0.4) is 0 Å². The van der Waals surface area contributed by atoms with Gasteiger partial charge in [0.15, 0.2) is 0 Å². The fraction of sp³-hybridized carbons (Fsp3) is 0.250. The molecule has 1 aliphatic rings. The normalized spacial score (nSPS) is 15.4. The summed E-state index contributed by atoms with van der Waals surface area (Å²) >= 11 is 5.97. The van der Waals surface area contributed by atoms with E-state index in [0.717, 1.165) is 34.7 Å². The van der Waals surface area contributed by atoms with Crippen molar-refractivity contribution in [2.45, 2.75) is 27.3 Å². The molecule has 0 saturated carbocycles. The van der Waals surface area contributed by atoms with Crippen LogP contribution in [0.15, 0.2) is 18.2 Å². The lowest BCUT2D eigenvalue weighted by Gasteiger charge is -2.01. The fourth-order valence-electron chi connectivity index (χ4n) is 2.68. The SMILES string of the molecule is CCn1nc(C)c(/C=C2/C(=O)Nc3cc(Cl)ccc32)c1C. The number of nitrogens with one attached hydrogen (secondary N) is 1. The van der Waals surface area contributed by atoms with Crippen LogP contribution in [0.2, 0.25) is 5.02 Å². The van der Waals surface area contributed by atoms with E-state index in [1.54, 1.807) is 12.1 Å².